The van der Waals surface area contributed by atoms with Crippen LogP contribution < -0.4 is 11.1 Å². The lowest BCUT2D eigenvalue weighted by atomic mass is 9.98. The van der Waals surface area contributed by atoms with Gasteiger partial charge in [-0.2, -0.15) is 9.97 Å². The van der Waals surface area contributed by atoms with E-state index in [1.54, 1.807) is 6.33 Å². The Morgan fingerprint density at radius 3 is 2.89 bits per heavy atom. The Kier molecular flexibility index (Phi) is 2.57. The second-order valence-corrected chi connectivity index (χ2v) is 5.20. The maximum Gasteiger partial charge on any atom is 0.224 e. The van der Waals surface area contributed by atoms with Crippen LogP contribution in [0.15, 0.2) is 6.33 Å². The van der Waals surface area contributed by atoms with Crippen molar-refractivity contribution in [2.24, 2.45) is 11.8 Å². The van der Waals surface area contributed by atoms with Crippen molar-refractivity contribution < 1.29 is 0 Å². The number of rotatable bonds is 2. The van der Waals surface area contributed by atoms with E-state index in [2.05, 4.69) is 39.1 Å². The molecule has 2 aromatic rings. The van der Waals surface area contributed by atoms with Crippen molar-refractivity contribution in [2.75, 3.05) is 11.1 Å². The molecule has 2 heterocycles. The summed E-state index contributed by atoms with van der Waals surface area (Å²) in [5, 5.41) is 3.49. The highest BCUT2D eigenvalue weighted by molar-refractivity contribution is 5.83. The molecule has 0 aliphatic heterocycles. The summed E-state index contributed by atoms with van der Waals surface area (Å²) in [4.78, 5) is 15.6. The van der Waals surface area contributed by atoms with Crippen molar-refractivity contribution in [3.05, 3.63) is 6.33 Å². The molecule has 4 N–H and O–H groups in total. The fourth-order valence-corrected chi connectivity index (χ4v) is 2.70. The molecule has 3 unspecified atom stereocenters. The van der Waals surface area contributed by atoms with Crippen LogP contribution in [0.25, 0.3) is 11.2 Å². The smallest absolute Gasteiger partial charge is 0.224 e. The fraction of sp³-hybridized carbons (Fsp3) is 0.583. The second kappa shape index (κ2) is 4.12. The van der Waals surface area contributed by atoms with Gasteiger partial charge in [0.05, 0.1) is 6.33 Å². The summed E-state index contributed by atoms with van der Waals surface area (Å²) < 4.78 is 0. The number of H-pyrrole nitrogens is 1. The molecule has 2 aromatic heterocycles. The van der Waals surface area contributed by atoms with Crippen LogP contribution >= 0.6 is 0 Å². The summed E-state index contributed by atoms with van der Waals surface area (Å²) in [5.41, 5.74) is 7.15. The third kappa shape index (κ3) is 1.77. The molecule has 3 rings (SSSR count). The van der Waals surface area contributed by atoms with Gasteiger partial charge in [-0.3, -0.25) is 0 Å². The van der Waals surface area contributed by atoms with Crippen LogP contribution in [0.5, 0.6) is 0 Å². The lowest BCUT2D eigenvalue weighted by Gasteiger charge is -2.20. The number of hydrogen-bond acceptors (Lipinski definition) is 5. The van der Waals surface area contributed by atoms with Gasteiger partial charge in [-0.1, -0.05) is 13.8 Å². The van der Waals surface area contributed by atoms with E-state index in [1.807, 2.05) is 0 Å². The van der Waals surface area contributed by atoms with Crippen LogP contribution in [-0.4, -0.2) is 26.0 Å². The van der Waals surface area contributed by atoms with Gasteiger partial charge in [0.2, 0.25) is 5.95 Å². The number of imidazole rings is 1. The van der Waals surface area contributed by atoms with Gasteiger partial charge in [-0.05, 0) is 24.7 Å². The zero-order valence-electron chi connectivity index (χ0n) is 10.6. The standard InChI is InChI=1S/C12H18N6/c1-6-3-4-8(7(6)2)16-11-9-10(15-5-14-9)17-12(13)18-11/h5-8H,3-4H2,1-2H3,(H4,13,14,15,16,17,18). The quantitative estimate of drug-likeness (QED) is 0.751. The maximum atomic E-state index is 5.70. The van der Waals surface area contributed by atoms with Gasteiger partial charge in [0.15, 0.2) is 11.5 Å². The molecule has 3 atom stereocenters. The van der Waals surface area contributed by atoms with E-state index in [0.29, 0.717) is 17.6 Å². The number of nitrogen functional groups attached to an aromatic ring is 1. The number of nitrogens with two attached hydrogens (primary N) is 1. The minimum atomic E-state index is 0.260. The summed E-state index contributed by atoms with van der Waals surface area (Å²) in [6.07, 6.45) is 4.04. The SMILES string of the molecule is CC1CCC(Nc2nc(N)nc3nc[nH]c23)C1C. The first-order chi connectivity index (χ1) is 8.65. The minimum absolute atomic E-state index is 0.260. The summed E-state index contributed by atoms with van der Waals surface area (Å²) in [6, 6.07) is 0.445. The van der Waals surface area contributed by atoms with E-state index in [4.69, 9.17) is 5.73 Å². The Balaban J connectivity index is 1.92. The van der Waals surface area contributed by atoms with Crippen LogP contribution in [-0.2, 0) is 0 Å². The molecule has 1 aliphatic rings. The van der Waals surface area contributed by atoms with Crippen LogP contribution in [0.4, 0.5) is 11.8 Å². The fourth-order valence-electron chi connectivity index (χ4n) is 2.70. The van der Waals surface area contributed by atoms with Crippen molar-refractivity contribution in [2.45, 2.75) is 32.7 Å². The lowest BCUT2D eigenvalue weighted by Crippen LogP contribution is -2.25. The van der Waals surface area contributed by atoms with E-state index < -0.39 is 0 Å². The molecule has 0 radical (unpaired) electrons. The topological polar surface area (TPSA) is 92.5 Å². The number of anilines is 2. The largest absolute Gasteiger partial charge is 0.368 e. The third-order valence-corrected chi connectivity index (χ3v) is 4.09. The zero-order chi connectivity index (χ0) is 12.7. The molecule has 0 amide bonds. The molecule has 18 heavy (non-hydrogen) atoms. The summed E-state index contributed by atoms with van der Waals surface area (Å²) in [5.74, 6) is 2.41. The average molecular weight is 246 g/mol. The summed E-state index contributed by atoms with van der Waals surface area (Å²) in [7, 11) is 0. The molecule has 1 fully saturated rings. The lowest BCUT2D eigenvalue weighted by molar-refractivity contribution is 0.435. The number of nitrogens with zero attached hydrogens (tertiary/aromatic N) is 3. The number of nitrogens with one attached hydrogen (secondary N) is 2. The predicted molar refractivity (Wildman–Crippen MR) is 71.1 cm³/mol. The Bertz CT molecular complexity index is 563. The van der Waals surface area contributed by atoms with E-state index in [-0.39, 0.29) is 5.95 Å². The average Bonchev–Trinajstić information content (AvgIpc) is 2.90. The van der Waals surface area contributed by atoms with Crippen molar-refractivity contribution >= 4 is 22.9 Å². The first-order valence-electron chi connectivity index (χ1n) is 6.38. The molecule has 1 aliphatic carbocycles. The summed E-state index contributed by atoms with van der Waals surface area (Å²) >= 11 is 0. The van der Waals surface area contributed by atoms with E-state index >= 15 is 0 Å². The Labute approximate surface area is 105 Å². The first kappa shape index (κ1) is 11.3. The Morgan fingerprint density at radius 1 is 1.33 bits per heavy atom. The number of hydrogen-bond donors (Lipinski definition) is 3. The maximum absolute atomic E-state index is 5.70. The second-order valence-electron chi connectivity index (χ2n) is 5.20. The van der Waals surface area contributed by atoms with E-state index in [0.717, 1.165) is 17.3 Å². The molecule has 6 nitrogen and oxygen atoms in total. The third-order valence-electron chi connectivity index (χ3n) is 4.09. The van der Waals surface area contributed by atoms with Gasteiger partial charge in [0.1, 0.15) is 5.52 Å². The predicted octanol–water partition coefficient (Wildman–Crippen LogP) is 1.78. The van der Waals surface area contributed by atoms with Crippen molar-refractivity contribution in [1.82, 2.24) is 19.9 Å². The van der Waals surface area contributed by atoms with Gasteiger partial charge in [0.25, 0.3) is 0 Å². The van der Waals surface area contributed by atoms with Gasteiger partial charge >= 0.3 is 0 Å². The van der Waals surface area contributed by atoms with Gasteiger partial charge < -0.3 is 16.0 Å². The highest BCUT2D eigenvalue weighted by Crippen LogP contribution is 2.33. The van der Waals surface area contributed by atoms with Crippen molar-refractivity contribution in [1.29, 1.82) is 0 Å². The normalized spacial score (nSPS) is 27.8. The molecule has 96 valence electrons. The molecule has 0 spiro atoms. The number of fused-ring (bicyclic) bond motifs is 1. The first-order valence-corrected chi connectivity index (χ1v) is 6.38. The minimum Gasteiger partial charge on any atom is -0.368 e. The Morgan fingerprint density at radius 2 is 2.17 bits per heavy atom. The molecule has 6 heteroatoms. The van der Waals surface area contributed by atoms with Crippen molar-refractivity contribution in [3.8, 4) is 0 Å². The molecular weight excluding hydrogens is 228 g/mol. The molecule has 0 bridgehead atoms. The molecule has 0 aromatic carbocycles. The zero-order valence-corrected chi connectivity index (χ0v) is 10.6. The van der Waals surface area contributed by atoms with Crippen LogP contribution in [0.1, 0.15) is 26.7 Å². The van der Waals surface area contributed by atoms with Gasteiger partial charge in [0, 0.05) is 6.04 Å². The summed E-state index contributed by atoms with van der Waals surface area (Å²) in [6.45, 7) is 4.58. The monoisotopic (exact) mass is 246 g/mol. The molecule has 1 saturated carbocycles. The van der Waals surface area contributed by atoms with Gasteiger partial charge in [-0.15, -0.1) is 0 Å². The highest BCUT2D eigenvalue weighted by atomic mass is 15.1. The molecular formula is C12H18N6. The van der Waals surface area contributed by atoms with E-state index in [9.17, 15) is 0 Å². The van der Waals surface area contributed by atoms with Crippen LogP contribution in [0.3, 0.4) is 0 Å². The molecule has 0 saturated heterocycles. The Hall–Kier alpha value is -1.85. The van der Waals surface area contributed by atoms with Crippen molar-refractivity contribution in [3.63, 3.8) is 0 Å². The van der Waals surface area contributed by atoms with Crippen LogP contribution in [0.2, 0.25) is 0 Å². The van der Waals surface area contributed by atoms with E-state index in [1.165, 1.54) is 12.8 Å². The van der Waals surface area contributed by atoms with Crippen LogP contribution in [0, 0.1) is 11.8 Å². The number of aromatic amines is 1. The van der Waals surface area contributed by atoms with Gasteiger partial charge in [-0.25, -0.2) is 4.98 Å². The number of aromatic nitrogens is 4. The highest BCUT2D eigenvalue weighted by Gasteiger charge is 2.30.